The Morgan fingerprint density at radius 3 is 1.18 bits per heavy atom. The van der Waals surface area contributed by atoms with Crippen LogP contribution in [-0.2, 0) is 10.8 Å². The highest BCUT2D eigenvalue weighted by atomic mass is 15.2. The lowest BCUT2D eigenvalue weighted by atomic mass is 9.81. The number of allylic oxidation sites excluding steroid dienone is 6. The van der Waals surface area contributed by atoms with Gasteiger partial charge in [0, 0.05) is 47.5 Å². The van der Waals surface area contributed by atoms with Gasteiger partial charge in [-0.2, -0.15) is 4.58 Å². The fourth-order valence-corrected chi connectivity index (χ4v) is 12.2. The van der Waals surface area contributed by atoms with E-state index < -0.39 is 0 Å². The van der Waals surface area contributed by atoms with Crippen LogP contribution in [0.2, 0.25) is 0 Å². The molecule has 2 heterocycles. The quantitative estimate of drug-likeness (QED) is 0.0364. The van der Waals surface area contributed by atoms with E-state index in [0.29, 0.717) is 0 Å². The SMILES string of the molecule is CCCCCCCCCCCCCCCCCCCCCCN1/C(=C/C=C/C=C/C2=[N+](CCCCCCCCCCCCCCCCCCCCCC)c3ccccc3C2(C)C)C(C)(C)c2ccccc21. The first kappa shape index (κ1) is 60.7. The van der Waals surface area contributed by atoms with Gasteiger partial charge in [0.05, 0.1) is 5.41 Å². The molecule has 0 radical (unpaired) electrons. The number of hydrogen-bond acceptors (Lipinski definition) is 1. The molecule has 2 aliphatic rings. The van der Waals surface area contributed by atoms with Gasteiger partial charge in [0.15, 0.2) is 5.71 Å². The van der Waals surface area contributed by atoms with E-state index in [9.17, 15) is 0 Å². The molecule has 2 aromatic rings. The number of rotatable bonds is 45. The molecule has 0 fully saturated rings. The summed E-state index contributed by atoms with van der Waals surface area (Å²) in [4.78, 5) is 2.64. The Kier molecular flexibility index (Phi) is 32.3. The van der Waals surface area contributed by atoms with Crippen LogP contribution in [0.15, 0.2) is 84.6 Å². The molecule has 0 saturated heterocycles. The molecule has 0 N–H and O–H groups in total. The Labute approximate surface area is 442 Å². The van der Waals surface area contributed by atoms with Gasteiger partial charge in [-0.3, -0.25) is 0 Å². The molecule has 0 bridgehead atoms. The average molecular weight is 973 g/mol. The van der Waals surface area contributed by atoms with Crippen LogP contribution in [0.1, 0.15) is 310 Å². The Balaban J connectivity index is 1.13. The second-order valence-electron chi connectivity index (χ2n) is 23.7. The highest BCUT2D eigenvalue weighted by molar-refractivity contribution is 6.03. The first-order chi connectivity index (χ1) is 34.8. The maximum atomic E-state index is 2.64. The molecular weight excluding hydrogens is 857 g/mol. The van der Waals surface area contributed by atoms with Crippen LogP contribution >= 0.6 is 0 Å². The van der Waals surface area contributed by atoms with Crippen molar-refractivity contribution in [3.05, 3.63) is 95.7 Å². The summed E-state index contributed by atoms with van der Waals surface area (Å²) in [5.41, 5.74) is 8.59. The van der Waals surface area contributed by atoms with Crippen molar-refractivity contribution in [2.75, 3.05) is 18.0 Å². The van der Waals surface area contributed by atoms with Crippen LogP contribution in [0.5, 0.6) is 0 Å². The molecule has 2 heteroatoms. The van der Waals surface area contributed by atoms with Crippen LogP contribution in [0.25, 0.3) is 0 Å². The zero-order valence-electron chi connectivity index (χ0n) is 48.1. The standard InChI is InChI=1S/C69H115N2/c1-7-9-11-13-15-17-19-21-23-25-27-29-31-33-35-37-39-41-43-52-60-70-64-56-50-48-54-62(64)68(3,4)66(70)58-46-45-47-59-67-69(5,6)63-55-49-51-57-65(63)71(67)61-53-44-42-40-38-36-34-32-30-28-26-24-22-20-18-16-14-12-10-8-2/h45-51,54-59H,7-44,52-53,60-61H2,1-6H3/q+1. The van der Waals surface area contributed by atoms with Crippen LogP contribution in [0.4, 0.5) is 11.4 Å². The van der Waals surface area contributed by atoms with Crippen molar-refractivity contribution in [3.63, 3.8) is 0 Å². The van der Waals surface area contributed by atoms with E-state index in [1.807, 2.05) is 0 Å². The molecule has 0 spiro atoms. The summed E-state index contributed by atoms with van der Waals surface area (Å²) in [5, 5.41) is 0. The Bertz CT molecular complexity index is 1770. The zero-order chi connectivity index (χ0) is 50.5. The van der Waals surface area contributed by atoms with E-state index in [4.69, 9.17) is 0 Å². The van der Waals surface area contributed by atoms with Gasteiger partial charge in [-0.15, -0.1) is 0 Å². The molecule has 0 aliphatic carbocycles. The minimum absolute atomic E-state index is 0.00914. The summed E-state index contributed by atoms with van der Waals surface area (Å²) in [6, 6.07) is 18.3. The smallest absolute Gasteiger partial charge is 0.209 e. The topological polar surface area (TPSA) is 6.25 Å². The van der Waals surface area contributed by atoms with Crippen molar-refractivity contribution >= 4 is 17.1 Å². The lowest BCUT2D eigenvalue weighted by Gasteiger charge is -2.27. The summed E-state index contributed by atoms with van der Waals surface area (Å²) < 4.78 is 2.64. The van der Waals surface area contributed by atoms with Gasteiger partial charge in [-0.25, -0.2) is 0 Å². The van der Waals surface area contributed by atoms with Gasteiger partial charge in [0.1, 0.15) is 6.54 Å². The van der Waals surface area contributed by atoms with Gasteiger partial charge in [-0.05, 0) is 44.4 Å². The Hall–Kier alpha value is -2.87. The molecule has 4 rings (SSSR count). The van der Waals surface area contributed by atoms with Gasteiger partial charge in [-0.1, -0.05) is 320 Å². The van der Waals surface area contributed by atoms with Crippen LogP contribution in [-0.4, -0.2) is 23.4 Å². The lowest BCUT2D eigenvalue weighted by molar-refractivity contribution is -0.438. The third kappa shape index (κ3) is 23.1. The minimum Gasteiger partial charge on any atom is -0.344 e. The maximum absolute atomic E-state index is 2.64. The number of anilines is 1. The monoisotopic (exact) mass is 972 g/mol. The van der Waals surface area contributed by atoms with E-state index in [0.717, 1.165) is 13.1 Å². The van der Waals surface area contributed by atoms with Gasteiger partial charge < -0.3 is 4.90 Å². The zero-order valence-corrected chi connectivity index (χ0v) is 48.1. The highest BCUT2D eigenvalue weighted by Gasteiger charge is 2.44. The molecule has 2 nitrogen and oxygen atoms in total. The number of hydrogen-bond donors (Lipinski definition) is 0. The van der Waals surface area contributed by atoms with E-state index in [-0.39, 0.29) is 10.8 Å². The second kappa shape index (κ2) is 37.8. The summed E-state index contributed by atoms with van der Waals surface area (Å²) in [7, 11) is 0. The highest BCUT2D eigenvalue weighted by Crippen LogP contribution is 2.48. The van der Waals surface area contributed by atoms with Crippen molar-refractivity contribution in [1.82, 2.24) is 0 Å². The number of nitrogens with zero attached hydrogens (tertiary/aromatic N) is 2. The van der Waals surface area contributed by atoms with E-state index >= 15 is 0 Å². The summed E-state index contributed by atoms with van der Waals surface area (Å²) in [6.07, 6.45) is 68.8. The molecule has 0 atom stereocenters. The number of fused-ring (bicyclic) bond motifs is 2. The number of unbranched alkanes of at least 4 members (excludes halogenated alkanes) is 38. The molecule has 71 heavy (non-hydrogen) atoms. The fourth-order valence-electron chi connectivity index (χ4n) is 12.2. The lowest BCUT2D eigenvalue weighted by Crippen LogP contribution is -2.27. The van der Waals surface area contributed by atoms with Crippen molar-refractivity contribution in [3.8, 4) is 0 Å². The van der Waals surface area contributed by atoms with Crippen molar-refractivity contribution in [2.24, 2.45) is 0 Å². The first-order valence-corrected chi connectivity index (χ1v) is 31.5. The summed E-state index contributed by atoms with van der Waals surface area (Å²) >= 11 is 0. The summed E-state index contributed by atoms with van der Waals surface area (Å²) in [6.45, 7) is 16.5. The molecule has 0 aromatic heterocycles. The maximum Gasteiger partial charge on any atom is 0.209 e. The van der Waals surface area contributed by atoms with Crippen molar-refractivity contribution < 1.29 is 4.58 Å². The third-order valence-corrected chi connectivity index (χ3v) is 16.8. The van der Waals surface area contributed by atoms with Gasteiger partial charge >= 0.3 is 0 Å². The first-order valence-electron chi connectivity index (χ1n) is 31.5. The van der Waals surface area contributed by atoms with Crippen molar-refractivity contribution in [1.29, 1.82) is 0 Å². The molecule has 2 aromatic carbocycles. The third-order valence-electron chi connectivity index (χ3n) is 16.8. The largest absolute Gasteiger partial charge is 0.344 e. The number of benzene rings is 2. The molecule has 0 saturated carbocycles. The van der Waals surface area contributed by atoms with E-state index in [2.05, 4.69) is 130 Å². The van der Waals surface area contributed by atoms with Crippen LogP contribution in [0.3, 0.4) is 0 Å². The predicted octanol–water partition coefficient (Wildman–Crippen LogP) is 22.5. The second-order valence-corrected chi connectivity index (χ2v) is 23.7. The number of para-hydroxylation sites is 2. The Morgan fingerprint density at radius 1 is 0.380 bits per heavy atom. The van der Waals surface area contributed by atoms with Crippen LogP contribution < -0.4 is 4.90 Å². The molecular formula is C69H115N2+. The molecule has 0 unspecified atom stereocenters. The Morgan fingerprint density at radius 2 is 0.746 bits per heavy atom. The fraction of sp³-hybridized carbons (Fsp3) is 0.725. The van der Waals surface area contributed by atoms with E-state index in [1.54, 1.807) is 0 Å². The summed E-state index contributed by atoms with van der Waals surface area (Å²) in [5.74, 6) is 0. The van der Waals surface area contributed by atoms with Crippen LogP contribution in [0, 0.1) is 0 Å². The average Bonchev–Trinajstić information content (AvgIpc) is 3.72. The van der Waals surface area contributed by atoms with Crippen molar-refractivity contribution in [2.45, 2.75) is 309 Å². The molecule has 0 amide bonds. The predicted molar refractivity (Wildman–Crippen MR) is 318 cm³/mol. The molecule has 2 aliphatic heterocycles. The van der Waals surface area contributed by atoms with Gasteiger partial charge in [0.2, 0.25) is 5.69 Å². The normalized spacial score (nSPS) is 15.6. The molecule has 400 valence electrons. The van der Waals surface area contributed by atoms with Gasteiger partial charge in [0.25, 0.3) is 0 Å². The van der Waals surface area contributed by atoms with E-state index in [1.165, 1.54) is 291 Å². The minimum atomic E-state index is -0.00914.